The van der Waals surface area contributed by atoms with E-state index in [4.69, 9.17) is 4.74 Å². The quantitative estimate of drug-likeness (QED) is 0.595. The van der Waals surface area contributed by atoms with Crippen LogP contribution in [0, 0.1) is 0 Å². The number of hydrogen-bond acceptors (Lipinski definition) is 5. The normalized spacial score (nSPS) is 11.7. The third-order valence-corrected chi connectivity index (χ3v) is 2.98. The van der Waals surface area contributed by atoms with Gasteiger partial charge in [0.05, 0.1) is 12.0 Å². The van der Waals surface area contributed by atoms with Crippen molar-refractivity contribution in [3.63, 3.8) is 0 Å². The fourth-order valence-electron chi connectivity index (χ4n) is 1.87. The van der Waals surface area contributed by atoms with Gasteiger partial charge in [0.2, 0.25) is 5.91 Å². The van der Waals surface area contributed by atoms with Gasteiger partial charge in [-0.05, 0) is 44.9 Å². The predicted octanol–water partition coefficient (Wildman–Crippen LogP) is -1.78. The second-order valence-electron chi connectivity index (χ2n) is 6.32. The van der Waals surface area contributed by atoms with Crippen molar-refractivity contribution in [1.29, 1.82) is 0 Å². The van der Waals surface area contributed by atoms with E-state index < -0.39 is 23.7 Å². The first-order chi connectivity index (χ1) is 11.1. The van der Waals surface area contributed by atoms with Crippen LogP contribution in [0.25, 0.3) is 0 Å². The van der Waals surface area contributed by atoms with E-state index in [1.807, 2.05) is 0 Å². The molecule has 1 atom stereocenters. The van der Waals surface area contributed by atoms with Gasteiger partial charge in [-0.25, -0.2) is 4.79 Å². The molecule has 0 aromatic heterocycles. The molecule has 0 spiro atoms. The van der Waals surface area contributed by atoms with Crippen LogP contribution in [0.2, 0.25) is 0 Å². The van der Waals surface area contributed by atoms with Crippen LogP contribution >= 0.6 is 0 Å². The molecule has 1 aromatic carbocycles. The van der Waals surface area contributed by atoms with Gasteiger partial charge in [-0.3, -0.25) is 10.1 Å². The Labute approximate surface area is 159 Å². The zero-order valence-electron chi connectivity index (χ0n) is 15.3. The molecule has 0 aliphatic heterocycles. The molecule has 0 saturated carbocycles. The summed E-state index contributed by atoms with van der Waals surface area (Å²) in [5.74, 6) is -1.69. The minimum Gasteiger partial charge on any atom is -0.548 e. The smallest absolute Gasteiger partial charge is 0.548 e. The number of hydrogen-bond donors (Lipinski definition) is 2. The van der Waals surface area contributed by atoms with Gasteiger partial charge in [0, 0.05) is 12.1 Å². The fourth-order valence-corrected chi connectivity index (χ4v) is 1.87. The van der Waals surface area contributed by atoms with Crippen molar-refractivity contribution >= 4 is 23.7 Å². The molecule has 8 heteroatoms. The second kappa shape index (κ2) is 10.1. The Hall–Kier alpha value is -1.97. The summed E-state index contributed by atoms with van der Waals surface area (Å²) in [7, 11) is 0. The Kier molecular flexibility index (Phi) is 9.32. The van der Waals surface area contributed by atoms with Crippen molar-refractivity contribution < 1.29 is 43.1 Å². The minimum atomic E-state index is -1.34. The maximum atomic E-state index is 11.7. The average molecular weight is 342 g/mol. The standard InChI is InChI=1S/C17H24N2O5.Li/c1-5-14(20)19-13(15(21)22)10-11-6-8-12(9-7-11)18-16(23)24-17(2,3)4;/h6-9,13H,5,10H2,1-4H3,(H,18,23)(H,19,20)(H,21,22);/q;+1/p-1/t13-;/m1./s1. The molecule has 0 aliphatic carbocycles. The van der Waals surface area contributed by atoms with E-state index in [1.165, 1.54) is 0 Å². The molecule has 0 aliphatic rings. The first-order valence-corrected chi connectivity index (χ1v) is 7.70. The van der Waals surface area contributed by atoms with E-state index in [-0.39, 0.29) is 37.6 Å². The van der Waals surface area contributed by atoms with Crippen LogP contribution in [-0.2, 0) is 20.7 Å². The zero-order chi connectivity index (χ0) is 18.3. The molecule has 1 aromatic rings. The summed E-state index contributed by atoms with van der Waals surface area (Å²) in [6, 6.07) is 5.50. The number of nitrogens with one attached hydrogen (secondary N) is 2. The largest absolute Gasteiger partial charge is 1.00 e. The Balaban J connectivity index is 0.00000576. The molecule has 0 unspecified atom stereocenters. The second-order valence-corrected chi connectivity index (χ2v) is 6.32. The number of ether oxygens (including phenoxy) is 1. The summed E-state index contributed by atoms with van der Waals surface area (Å²) in [6.07, 6.45) is -0.276. The molecular weight excluding hydrogens is 319 g/mol. The SMILES string of the molecule is CCC(=O)N[C@H](Cc1ccc(NC(=O)OC(C)(C)C)cc1)C(=O)[O-].[Li+]. The van der Waals surface area contributed by atoms with Crippen molar-refractivity contribution in [3.05, 3.63) is 29.8 Å². The molecular formula is C17H23LiN2O5. The van der Waals surface area contributed by atoms with Crippen molar-refractivity contribution in [2.75, 3.05) is 5.32 Å². The van der Waals surface area contributed by atoms with Crippen LogP contribution < -0.4 is 34.6 Å². The van der Waals surface area contributed by atoms with E-state index in [2.05, 4.69) is 10.6 Å². The predicted molar refractivity (Wildman–Crippen MR) is 87.2 cm³/mol. The van der Waals surface area contributed by atoms with Crippen molar-refractivity contribution in [2.24, 2.45) is 0 Å². The maximum Gasteiger partial charge on any atom is 1.00 e. The third kappa shape index (κ3) is 9.18. The van der Waals surface area contributed by atoms with E-state index >= 15 is 0 Å². The van der Waals surface area contributed by atoms with E-state index in [1.54, 1.807) is 52.0 Å². The van der Waals surface area contributed by atoms with Crippen LogP contribution in [-0.4, -0.2) is 29.6 Å². The zero-order valence-corrected chi connectivity index (χ0v) is 15.3. The first kappa shape index (κ1) is 23.0. The summed E-state index contributed by atoms with van der Waals surface area (Å²) in [4.78, 5) is 34.1. The number of carbonyl (C=O) groups excluding carboxylic acids is 3. The molecule has 2 amide bonds. The summed E-state index contributed by atoms with van der Waals surface area (Å²) < 4.78 is 5.14. The van der Waals surface area contributed by atoms with E-state index in [0.29, 0.717) is 11.3 Å². The minimum absolute atomic E-state index is 0. The molecule has 0 heterocycles. The topological polar surface area (TPSA) is 108 Å². The molecule has 0 saturated heterocycles. The van der Waals surface area contributed by atoms with Gasteiger partial charge in [-0.15, -0.1) is 0 Å². The van der Waals surface area contributed by atoms with Gasteiger partial charge in [0.15, 0.2) is 0 Å². The van der Waals surface area contributed by atoms with Crippen LogP contribution in [0.15, 0.2) is 24.3 Å². The number of benzene rings is 1. The number of carbonyl (C=O) groups is 3. The van der Waals surface area contributed by atoms with Gasteiger partial charge >= 0.3 is 25.0 Å². The van der Waals surface area contributed by atoms with E-state index in [0.717, 1.165) is 0 Å². The van der Waals surface area contributed by atoms with Crippen LogP contribution in [0.4, 0.5) is 10.5 Å². The van der Waals surface area contributed by atoms with Crippen molar-refractivity contribution in [3.8, 4) is 0 Å². The summed E-state index contributed by atoms with van der Waals surface area (Å²) >= 11 is 0. The summed E-state index contributed by atoms with van der Waals surface area (Å²) in [6.45, 7) is 6.93. The maximum absolute atomic E-state index is 11.7. The number of amides is 2. The Morgan fingerprint density at radius 1 is 1.16 bits per heavy atom. The number of aliphatic carboxylic acids is 1. The Morgan fingerprint density at radius 2 is 1.72 bits per heavy atom. The van der Waals surface area contributed by atoms with Gasteiger partial charge in [-0.2, -0.15) is 0 Å². The summed E-state index contributed by atoms with van der Waals surface area (Å²) in [5.41, 5.74) is 0.620. The molecule has 2 N–H and O–H groups in total. The average Bonchev–Trinajstić information content (AvgIpc) is 2.46. The Bertz CT molecular complexity index is 596. The molecule has 0 radical (unpaired) electrons. The Morgan fingerprint density at radius 3 is 2.16 bits per heavy atom. The van der Waals surface area contributed by atoms with Crippen LogP contribution in [0.5, 0.6) is 0 Å². The monoisotopic (exact) mass is 342 g/mol. The molecule has 132 valence electrons. The van der Waals surface area contributed by atoms with Gasteiger partial charge in [0.25, 0.3) is 0 Å². The van der Waals surface area contributed by atoms with Gasteiger partial charge in [0.1, 0.15) is 5.60 Å². The van der Waals surface area contributed by atoms with Crippen LogP contribution in [0.1, 0.15) is 39.7 Å². The first-order valence-electron chi connectivity index (χ1n) is 7.70. The number of anilines is 1. The molecule has 1 rings (SSSR count). The molecule has 0 bridgehead atoms. The fraction of sp³-hybridized carbons (Fsp3) is 0.471. The number of carboxylic acid groups (broad SMARTS) is 1. The molecule has 0 fully saturated rings. The number of carboxylic acids is 1. The van der Waals surface area contributed by atoms with Crippen LogP contribution in [0.3, 0.4) is 0 Å². The van der Waals surface area contributed by atoms with Crippen molar-refractivity contribution in [2.45, 2.75) is 52.2 Å². The van der Waals surface area contributed by atoms with Gasteiger partial charge in [-0.1, -0.05) is 19.1 Å². The molecule has 7 nitrogen and oxygen atoms in total. The third-order valence-electron chi connectivity index (χ3n) is 2.98. The molecule has 25 heavy (non-hydrogen) atoms. The summed E-state index contributed by atoms with van der Waals surface area (Å²) in [5, 5.41) is 16.1. The van der Waals surface area contributed by atoms with Gasteiger partial charge < -0.3 is 20.0 Å². The van der Waals surface area contributed by atoms with E-state index in [9.17, 15) is 19.5 Å². The van der Waals surface area contributed by atoms with Crippen molar-refractivity contribution in [1.82, 2.24) is 5.32 Å². The number of rotatable bonds is 6.